The Morgan fingerprint density at radius 3 is 2.08 bits per heavy atom. The van der Waals surface area contributed by atoms with Gasteiger partial charge < -0.3 is 4.74 Å². The summed E-state index contributed by atoms with van der Waals surface area (Å²) in [5.41, 5.74) is 2.31. The number of hydrogen-bond acceptors (Lipinski definition) is 4. The highest BCUT2D eigenvalue weighted by Crippen LogP contribution is 2.35. The van der Waals surface area contributed by atoms with Gasteiger partial charge in [0.15, 0.2) is 0 Å². The predicted octanol–water partition coefficient (Wildman–Crippen LogP) is 5.96. The highest BCUT2D eigenvalue weighted by Gasteiger charge is 2.21. The predicted molar refractivity (Wildman–Crippen MR) is 99.0 cm³/mol. The topological polar surface area (TPSA) is 39.2 Å². The molecule has 3 rings (SSSR count). The molecule has 0 bridgehead atoms. The number of esters is 1. The van der Waals surface area contributed by atoms with E-state index < -0.39 is 0 Å². The van der Waals surface area contributed by atoms with E-state index in [4.69, 9.17) is 27.9 Å². The molecule has 0 atom stereocenters. The molecule has 0 saturated heterocycles. The number of thiazole rings is 1. The molecule has 0 amide bonds. The molecule has 3 nitrogen and oxygen atoms in total. The van der Waals surface area contributed by atoms with Crippen LogP contribution in [-0.4, -0.2) is 17.6 Å². The van der Waals surface area contributed by atoms with Crippen LogP contribution in [0.3, 0.4) is 0 Å². The zero-order valence-corrected chi connectivity index (χ0v) is 15.1. The summed E-state index contributed by atoms with van der Waals surface area (Å²) in [6.07, 6.45) is 0. The first-order chi connectivity index (χ1) is 11.6. The fraction of sp³-hybridized carbons (Fsp3) is 0.111. The molecule has 24 heavy (non-hydrogen) atoms. The summed E-state index contributed by atoms with van der Waals surface area (Å²) in [4.78, 5) is 17.4. The monoisotopic (exact) mass is 377 g/mol. The van der Waals surface area contributed by atoms with Crippen LogP contribution >= 0.6 is 34.5 Å². The number of carbonyl (C=O) groups excluding carboxylic acids is 1. The molecule has 0 fully saturated rings. The highest BCUT2D eigenvalue weighted by atomic mass is 35.5. The van der Waals surface area contributed by atoms with Gasteiger partial charge in [-0.1, -0.05) is 47.5 Å². The van der Waals surface area contributed by atoms with Crippen LogP contribution in [0.15, 0.2) is 48.5 Å². The normalized spacial score (nSPS) is 10.6. The fourth-order valence-corrected chi connectivity index (χ4v) is 3.41. The molecule has 2 aromatic carbocycles. The largest absolute Gasteiger partial charge is 0.462 e. The molecule has 0 aliphatic rings. The zero-order chi connectivity index (χ0) is 17.1. The summed E-state index contributed by atoms with van der Waals surface area (Å²) in [6.45, 7) is 2.09. The van der Waals surface area contributed by atoms with Gasteiger partial charge in [-0.3, -0.25) is 0 Å². The van der Waals surface area contributed by atoms with E-state index in [9.17, 15) is 4.79 Å². The first kappa shape index (κ1) is 17.0. The number of carbonyl (C=O) groups is 1. The van der Waals surface area contributed by atoms with Crippen LogP contribution in [0.25, 0.3) is 21.8 Å². The molecular formula is C18H13Cl2NO2S. The molecule has 1 heterocycles. The fourth-order valence-electron chi connectivity index (χ4n) is 2.17. The number of ether oxygens (including phenoxy) is 1. The Bertz CT molecular complexity index is 858. The van der Waals surface area contributed by atoms with Gasteiger partial charge in [-0.2, -0.15) is 0 Å². The van der Waals surface area contributed by atoms with E-state index in [1.807, 2.05) is 24.3 Å². The van der Waals surface area contributed by atoms with Crippen LogP contribution in [0.4, 0.5) is 0 Å². The van der Waals surface area contributed by atoms with Crippen molar-refractivity contribution < 1.29 is 9.53 Å². The second-order valence-electron chi connectivity index (χ2n) is 4.93. The van der Waals surface area contributed by atoms with Crippen LogP contribution in [-0.2, 0) is 4.74 Å². The molecule has 3 aromatic rings. The minimum absolute atomic E-state index is 0.313. The Morgan fingerprint density at radius 2 is 1.54 bits per heavy atom. The Balaban J connectivity index is 2.10. The minimum Gasteiger partial charge on any atom is -0.462 e. The summed E-state index contributed by atoms with van der Waals surface area (Å²) >= 11 is 13.2. The minimum atomic E-state index is -0.375. The first-order valence-electron chi connectivity index (χ1n) is 7.28. The van der Waals surface area contributed by atoms with Crippen molar-refractivity contribution in [2.75, 3.05) is 6.61 Å². The van der Waals surface area contributed by atoms with Crippen molar-refractivity contribution in [2.24, 2.45) is 0 Å². The standard InChI is InChI=1S/C18H13Cl2NO2S/c1-2-23-18(22)16-15(11-3-7-13(19)8-4-11)21-17(24-16)12-5-9-14(20)10-6-12/h3-10H,2H2,1H3. The number of hydrogen-bond donors (Lipinski definition) is 0. The van der Waals surface area contributed by atoms with E-state index in [1.165, 1.54) is 11.3 Å². The summed E-state index contributed by atoms with van der Waals surface area (Å²) in [5, 5.41) is 2.02. The molecule has 0 N–H and O–H groups in total. The molecule has 0 radical (unpaired) electrons. The lowest BCUT2D eigenvalue weighted by molar-refractivity contribution is 0.0532. The highest BCUT2D eigenvalue weighted by molar-refractivity contribution is 7.17. The molecule has 122 valence electrons. The van der Waals surface area contributed by atoms with E-state index >= 15 is 0 Å². The van der Waals surface area contributed by atoms with Crippen molar-refractivity contribution in [2.45, 2.75) is 6.92 Å². The molecular weight excluding hydrogens is 365 g/mol. The Labute approximate surface area is 153 Å². The maximum atomic E-state index is 12.3. The van der Waals surface area contributed by atoms with Crippen LogP contribution in [0, 0.1) is 0 Å². The van der Waals surface area contributed by atoms with Crippen LogP contribution in [0.1, 0.15) is 16.6 Å². The molecule has 0 aliphatic heterocycles. The number of rotatable bonds is 4. The van der Waals surface area contributed by atoms with E-state index in [1.54, 1.807) is 31.2 Å². The average Bonchev–Trinajstić information content (AvgIpc) is 3.02. The van der Waals surface area contributed by atoms with Gasteiger partial charge in [0.1, 0.15) is 9.88 Å². The van der Waals surface area contributed by atoms with Gasteiger partial charge in [0.2, 0.25) is 0 Å². The number of benzene rings is 2. The zero-order valence-electron chi connectivity index (χ0n) is 12.8. The third-order valence-electron chi connectivity index (χ3n) is 3.30. The van der Waals surface area contributed by atoms with E-state index in [2.05, 4.69) is 4.98 Å². The van der Waals surface area contributed by atoms with Crippen LogP contribution in [0.2, 0.25) is 10.0 Å². The summed E-state index contributed by atoms with van der Waals surface area (Å²) in [5.74, 6) is -0.375. The molecule has 6 heteroatoms. The third-order valence-corrected chi connectivity index (χ3v) is 4.89. The van der Waals surface area contributed by atoms with Gasteiger partial charge in [-0.25, -0.2) is 9.78 Å². The third kappa shape index (κ3) is 3.61. The van der Waals surface area contributed by atoms with Crippen molar-refractivity contribution in [3.05, 3.63) is 63.5 Å². The lowest BCUT2D eigenvalue weighted by atomic mass is 10.1. The Kier molecular flexibility index (Phi) is 5.19. The van der Waals surface area contributed by atoms with Crippen molar-refractivity contribution in [3.8, 4) is 21.8 Å². The van der Waals surface area contributed by atoms with Crippen LogP contribution < -0.4 is 0 Å². The van der Waals surface area contributed by atoms with Crippen molar-refractivity contribution >= 4 is 40.5 Å². The number of halogens is 2. The number of aromatic nitrogens is 1. The van der Waals surface area contributed by atoms with E-state index in [-0.39, 0.29) is 5.97 Å². The van der Waals surface area contributed by atoms with Crippen LogP contribution in [0.5, 0.6) is 0 Å². The Morgan fingerprint density at radius 1 is 1.00 bits per heavy atom. The maximum absolute atomic E-state index is 12.3. The first-order valence-corrected chi connectivity index (χ1v) is 8.85. The second kappa shape index (κ2) is 7.34. The SMILES string of the molecule is CCOC(=O)c1sc(-c2ccc(Cl)cc2)nc1-c1ccc(Cl)cc1. The van der Waals surface area contributed by atoms with E-state index in [0.29, 0.717) is 27.2 Å². The molecule has 0 spiro atoms. The smallest absolute Gasteiger partial charge is 0.350 e. The van der Waals surface area contributed by atoms with Gasteiger partial charge in [-0.15, -0.1) is 11.3 Å². The average molecular weight is 378 g/mol. The quantitative estimate of drug-likeness (QED) is 0.526. The van der Waals surface area contributed by atoms with Gasteiger partial charge in [-0.05, 0) is 31.2 Å². The lowest BCUT2D eigenvalue weighted by Gasteiger charge is -2.02. The van der Waals surface area contributed by atoms with Gasteiger partial charge in [0, 0.05) is 21.2 Å². The molecule has 0 saturated carbocycles. The van der Waals surface area contributed by atoms with Gasteiger partial charge >= 0.3 is 5.97 Å². The maximum Gasteiger partial charge on any atom is 0.350 e. The van der Waals surface area contributed by atoms with Gasteiger partial charge in [0.05, 0.1) is 12.3 Å². The van der Waals surface area contributed by atoms with Gasteiger partial charge in [0.25, 0.3) is 0 Å². The number of nitrogens with zero attached hydrogens (tertiary/aromatic N) is 1. The summed E-state index contributed by atoms with van der Waals surface area (Å²) in [7, 11) is 0. The lowest BCUT2D eigenvalue weighted by Crippen LogP contribution is -2.03. The van der Waals surface area contributed by atoms with E-state index in [0.717, 1.165) is 16.1 Å². The summed E-state index contributed by atoms with van der Waals surface area (Å²) in [6, 6.07) is 14.6. The van der Waals surface area contributed by atoms with Crippen molar-refractivity contribution in [1.82, 2.24) is 4.98 Å². The molecule has 1 aromatic heterocycles. The summed E-state index contributed by atoms with van der Waals surface area (Å²) < 4.78 is 5.17. The Hall–Kier alpha value is -1.88. The molecule has 0 aliphatic carbocycles. The van der Waals surface area contributed by atoms with Crippen molar-refractivity contribution in [1.29, 1.82) is 0 Å². The molecule has 0 unspecified atom stereocenters. The second-order valence-corrected chi connectivity index (χ2v) is 6.80. The van der Waals surface area contributed by atoms with Crippen molar-refractivity contribution in [3.63, 3.8) is 0 Å².